The number of nitro benzene ring substituents is 1. The van der Waals surface area contributed by atoms with Gasteiger partial charge in [0, 0.05) is 17.7 Å². The molecule has 0 radical (unpaired) electrons. The number of hydrogen-bond donors (Lipinski definition) is 0. The number of nitro groups is 1. The van der Waals surface area contributed by atoms with Crippen LogP contribution >= 0.6 is 11.6 Å². The number of ketones is 1. The van der Waals surface area contributed by atoms with E-state index in [1.54, 1.807) is 18.2 Å². The number of hydrogen-bond acceptors (Lipinski definition) is 5. The van der Waals surface area contributed by atoms with E-state index < -0.39 is 10.9 Å². The molecule has 122 valence electrons. The second kappa shape index (κ2) is 7.52. The largest absolute Gasteiger partial charge is 0.423 e. The highest BCUT2D eigenvalue weighted by molar-refractivity contribution is 6.32. The lowest BCUT2D eigenvalue weighted by Gasteiger charge is -2.02. The molecule has 0 bridgehead atoms. The zero-order chi connectivity index (χ0) is 17.7. The summed E-state index contributed by atoms with van der Waals surface area (Å²) in [6, 6.07) is 10.3. The number of carbonyl (C=O) groups is 2. The number of halogens is 1. The molecule has 0 spiro atoms. The Morgan fingerprint density at radius 2 is 1.83 bits per heavy atom. The maximum atomic E-state index is 11.8. The van der Waals surface area contributed by atoms with Crippen LogP contribution in [0.25, 0.3) is 6.08 Å². The van der Waals surface area contributed by atoms with Crippen LogP contribution in [0.15, 0.2) is 48.5 Å². The van der Waals surface area contributed by atoms with Gasteiger partial charge in [-0.05, 0) is 48.9 Å². The van der Waals surface area contributed by atoms with Crippen LogP contribution in [-0.4, -0.2) is 16.7 Å². The monoisotopic (exact) mass is 345 g/mol. The van der Waals surface area contributed by atoms with Crippen molar-refractivity contribution in [3.63, 3.8) is 0 Å². The Morgan fingerprint density at radius 1 is 1.17 bits per heavy atom. The Balaban J connectivity index is 2.06. The Labute approximate surface area is 142 Å². The first-order valence-corrected chi connectivity index (χ1v) is 7.19. The Kier molecular flexibility index (Phi) is 5.44. The molecule has 0 saturated heterocycles. The third-order valence-corrected chi connectivity index (χ3v) is 3.38. The molecule has 0 saturated carbocycles. The van der Waals surface area contributed by atoms with E-state index >= 15 is 0 Å². The smallest absolute Gasteiger partial charge is 0.336 e. The highest BCUT2D eigenvalue weighted by Gasteiger charge is 2.11. The fourth-order valence-electron chi connectivity index (χ4n) is 1.85. The van der Waals surface area contributed by atoms with Crippen LogP contribution in [0.1, 0.15) is 22.8 Å². The number of ether oxygens (including phenoxy) is 1. The quantitative estimate of drug-likeness (QED) is 0.203. The summed E-state index contributed by atoms with van der Waals surface area (Å²) in [6.45, 7) is 1.44. The van der Waals surface area contributed by atoms with E-state index in [1.165, 1.54) is 37.3 Å². The van der Waals surface area contributed by atoms with Gasteiger partial charge in [-0.3, -0.25) is 14.9 Å². The van der Waals surface area contributed by atoms with Crippen molar-refractivity contribution in [1.82, 2.24) is 0 Å². The van der Waals surface area contributed by atoms with E-state index in [0.717, 1.165) is 6.08 Å². The first kappa shape index (κ1) is 17.4. The number of esters is 1. The van der Waals surface area contributed by atoms with Crippen molar-refractivity contribution < 1.29 is 19.2 Å². The normalized spacial score (nSPS) is 10.6. The number of rotatable bonds is 5. The minimum atomic E-state index is -0.650. The highest BCUT2D eigenvalue weighted by atomic mass is 35.5. The van der Waals surface area contributed by atoms with Crippen molar-refractivity contribution in [2.45, 2.75) is 6.92 Å². The van der Waals surface area contributed by atoms with E-state index in [2.05, 4.69) is 0 Å². The van der Waals surface area contributed by atoms with Gasteiger partial charge in [-0.15, -0.1) is 0 Å². The second-order valence-electron chi connectivity index (χ2n) is 4.80. The lowest BCUT2D eigenvalue weighted by Crippen LogP contribution is -2.04. The standard InChI is InChI=1S/C17H12ClNO5/c1-11(20)13-4-6-14(7-5-13)24-17(21)9-3-12-2-8-15(18)16(10-12)19(22)23/h2-10H,1H3/b9-3+. The third-order valence-electron chi connectivity index (χ3n) is 3.06. The van der Waals surface area contributed by atoms with Gasteiger partial charge in [-0.25, -0.2) is 4.79 Å². The Hall–Kier alpha value is -2.99. The number of carbonyl (C=O) groups excluding carboxylic acids is 2. The number of benzene rings is 2. The molecule has 2 aromatic rings. The van der Waals surface area contributed by atoms with Gasteiger partial charge in [0.1, 0.15) is 10.8 Å². The van der Waals surface area contributed by atoms with Crippen molar-refractivity contribution in [3.05, 3.63) is 74.8 Å². The van der Waals surface area contributed by atoms with Gasteiger partial charge in [-0.2, -0.15) is 0 Å². The van der Waals surface area contributed by atoms with Gasteiger partial charge < -0.3 is 4.74 Å². The molecule has 0 heterocycles. The molecule has 7 heteroatoms. The van der Waals surface area contributed by atoms with Crippen molar-refractivity contribution in [2.24, 2.45) is 0 Å². The van der Waals surface area contributed by atoms with Crippen LogP contribution in [0.2, 0.25) is 5.02 Å². The first-order chi connectivity index (χ1) is 11.4. The summed E-state index contributed by atoms with van der Waals surface area (Å²) in [7, 11) is 0. The fourth-order valence-corrected chi connectivity index (χ4v) is 2.03. The summed E-state index contributed by atoms with van der Waals surface area (Å²) in [5.41, 5.74) is 0.709. The van der Waals surface area contributed by atoms with Gasteiger partial charge in [-0.1, -0.05) is 17.7 Å². The number of Topliss-reactive ketones (excluding diaryl/α,β-unsaturated/α-hetero) is 1. The zero-order valence-electron chi connectivity index (χ0n) is 12.6. The average Bonchev–Trinajstić information content (AvgIpc) is 2.54. The molecule has 0 aliphatic heterocycles. The van der Waals surface area contributed by atoms with Crippen LogP contribution in [0, 0.1) is 10.1 Å². The van der Waals surface area contributed by atoms with E-state index in [9.17, 15) is 19.7 Å². The minimum Gasteiger partial charge on any atom is -0.423 e. The van der Waals surface area contributed by atoms with Gasteiger partial charge >= 0.3 is 5.97 Å². The van der Waals surface area contributed by atoms with Crippen LogP contribution < -0.4 is 4.74 Å². The molecule has 0 aromatic heterocycles. The molecule has 0 fully saturated rings. The van der Waals surface area contributed by atoms with E-state index in [4.69, 9.17) is 16.3 Å². The summed E-state index contributed by atoms with van der Waals surface area (Å²) in [5, 5.41) is 10.8. The van der Waals surface area contributed by atoms with Crippen molar-refractivity contribution in [3.8, 4) is 5.75 Å². The molecule has 2 rings (SSSR count). The average molecular weight is 346 g/mol. The van der Waals surface area contributed by atoms with Gasteiger partial charge in [0.05, 0.1) is 4.92 Å². The van der Waals surface area contributed by atoms with Crippen LogP contribution in [0.4, 0.5) is 5.69 Å². The zero-order valence-corrected chi connectivity index (χ0v) is 13.3. The summed E-state index contributed by atoms with van der Waals surface area (Å²) >= 11 is 5.71. The molecule has 6 nitrogen and oxygen atoms in total. The predicted molar refractivity (Wildman–Crippen MR) is 89.2 cm³/mol. The van der Waals surface area contributed by atoms with Crippen molar-refractivity contribution >= 4 is 35.1 Å². The van der Waals surface area contributed by atoms with E-state index in [-0.39, 0.29) is 22.2 Å². The SMILES string of the molecule is CC(=O)c1ccc(OC(=O)/C=C/c2ccc(Cl)c([N+](=O)[O-])c2)cc1. The van der Waals surface area contributed by atoms with Gasteiger partial charge in [0.25, 0.3) is 5.69 Å². The molecule has 0 N–H and O–H groups in total. The number of nitrogens with zero attached hydrogens (tertiary/aromatic N) is 1. The molecule has 0 unspecified atom stereocenters. The van der Waals surface area contributed by atoms with Crippen LogP contribution in [-0.2, 0) is 4.79 Å². The Morgan fingerprint density at radius 3 is 2.42 bits per heavy atom. The summed E-state index contributed by atoms with van der Waals surface area (Å²) in [5.74, 6) is -0.447. The molecular weight excluding hydrogens is 334 g/mol. The van der Waals surface area contributed by atoms with E-state index in [0.29, 0.717) is 11.1 Å². The second-order valence-corrected chi connectivity index (χ2v) is 5.21. The maximum absolute atomic E-state index is 11.8. The summed E-state index contributed by atoms with van der Waals surface area (Å²) < 4.78 is 5.08. The molecule has 2 aromatic carbocycles. The molecule has 0 atom stereocenters. The van der Waals surface area contributed by atoms with Crippen molar-refractivity contribution in [2.75, 3.05) is 0 Å². The molecule has 0 aliphatic rings. The topological polar surface area (TPSA) is 86.5 Å². The summed E-state index contributed by atoms with van der Waals surface area (Å²) in [6.07, 6.45) is 2.53. The van der Waals surface area contributed by atoms with Crippen LogP contribution in [0.5, 0.6) is 5.75 Å². The predicted octanol–water partition coefficient (Wildman–Crippen LogP) is 4.07. The van der Waals surface area contributed by atoms with Gasteiger partial charge in [0.15, 0.2) is 5.78 Å². The first-order valence-electron chi connectivity index (χ1n) is 6.81. The molecule has 24 heavy (non-hydrogen) atoms. The van der Waals surface area contributed by atoms with Gasteiger partial charge in [0.2, 0.25) is 0 Å². The molecule has 0 aliphatic carbocycles. The lowest BCUT2D eigenvalue weighted by molar-refractivity contribution is -0.384. The third kappa shape index (κ3) is 4.50. The highest BCUT2D eigenvalue weighted by Crippen LogP contribution is 2.25. The summed E-state index contributed by atoms with van der Waals surface area (Å²) in [4.78, 5) is 33.1. The fraction of sp³-hybridized carbons (Fsp3) is 0.0588. The molecule has 0 amide bonds. The lowest BCUT2D eigenvalue weighted by atomic mass is 10.1. The molecular formula is C17H12ClNO5. The van der Waals surface area contributed by atoms with E-state index in [1.807, 2.05) is 0 Å². The van der Waals surface area contributed by atoms with Crippen LogP contribution in [0.3, 0.4) is 0 Å². The van der Waals surface area contributed by atoms with Crippen molar-refractivity contribution in [1.29, 1.82) is 0 Å². The minimum absolute atomic E-state index is 0.0188. The Bertz CT molecular complexity index is 827. The maximum Gasteiger partial charge on any atom is 0.336 e.